The van der Waals surface area contributed by atoms with Crippen LogP contribution in [0.4, 0.5) is 0 Å². The van der Waals surface area contributed by atoms with Gasteiger partial charge in [-0.05, 0) is 12.8 Å². The third kappa shape index (κ3) is 1.95. The molecule has 1 N–H and O–H groups in total. The van der Waals surface area contributed by atoms with Crippen LogP contribution in [0.25, 0.3) is 0 Å². The summed E-state index contributed by atoms with van der Waals surface area (Å²) in [6.45, 7) is 0. The first-order valence-electron chi connectivity index (χ1n) is 4.93. The van der Waals surface area contributed by atoms with Gasteiger partial charge >= 0.3 is 5.97 Å². The lowest BCUT2D eigenvalue weighted by Crippen LogP contribution is -1.98. The molecule has 0 amide bonds. The number of hydrogen-bond acceptors (Lipinski definition) is 3. The quantitative estimate of drug-likeness (QED) is 0.800. The fourth-order valence-corrected chi connectivity index (χ4v) is 1.98. The fraction of sp³-hybridized carbons (Fsp3) is 0.600. The minimum atomic E-state index is -0.876. The molecule has 0 radical (unpaired) electrons. The molecule has 0 aliphatic heterocycles. The zero-order valence-electron chi connectivity index (χ0n) is 7.90. The normalized spacial score (nSPS) is 17.4. The number of nitrogens with zero attached hydrogens (tertiary/aromatic N) is 1. The first kappa shape index (κ1) is 9.24. The van der Waals surface area contributed by atoms with Crippen molar-refractivity contribution in [2.24, 2.45) is 0 Å². The summed E-state index contributed by atoms with van der Waals surface area (Å²) >= 11 is 0. The second-order valence-corrected chi connectivity index (χ2v) is 3.77. The summed E-state index contributed by atoms with van der Waals surface area (Å²) in [6.07, 6.45) is 4.72. The predicted molar refractivity (Wildman–Crippen MR) is 49.1 cm³/mol. The lowest BCUT2D eigenvalue weighted by molar-refractivity contribution is -0.136. The van der Waals surface area contributed by atoms with Gasteiger partial charge < -0.3 is 9.63 Å². The van der Waals surface area contributed by atoms with Gasteiger partial charge in [-0.2, -0.15) is 0 Å². The second kappa shape index (κ2) is 3.82. The molecular weight excluding hydrogens is 182 g/mol. The molecule has 4 heteroatoms. The van der Waals surface area contributed by atoms with E-state index < -0.39 is 5.97 Å². The Hall–Kier alpha value is -1.32. The van der Waals surface area contributed by atoms with E-state index in [1.165, 1.54) is 12.8 Å². The average molecular weight is 195 g/mol. The zero-order valence-corrected chi connectivity index (χ0v) is 7.90. The van der Waals surface area contributed by atoms with Crippen molar-refractivity contribution in [2.45, 2.75) is 38.0 Å². The third-order valence-corrected chi connectivity index (χ3v) is 2.68. The van der Waals surface area contributed by atoms with Crippen LogP contribution in [0.3, 0.4) is 0 Å². The van der Waals surface area contributed by atoms with Gasteiger partial charge in [0.15, 0.2) is 0 Å². The maximum atomic E-state index is 10.4. The van der Waals surface area contributed by atoms with Crippen molar-refractivity contribution in [3.63, 3.8) is 0 Å². The summed E-state index contributed by atoms with van der Waals surface area (Å²) in [5.41, 5.74) is 0.929. The molecule has 1 fully saturated rings. The Labute approximate surface area is 81.9 Å². The third-order valence-electron chi connectivity index (χ3n) is 2.68. The summed E-state index contributed by atoms with van der Waals surface area (Å²) in [6, 6.07) is 1.78. The lowest BCUT2D eigenvalue weighted by atomic mass is 10.0. The van der Waals surface area contributed by atoms with E-state index in [-0.39, 0.29) is 6.42 Å². The fourth-order valence-electron chi connectivity index (χ4n) is 1.98. The number of aromatic nitrogens is 1. The minimum Gasteiger partial charge on any atom is -0.481 e. The number of carboxylic acid groups (broad SMARTS) is 1. The largest absolute Gasteiger partial charge is 0.481 e. The summed E-state index contributed by atoms with van der Waals surface area (Å²) in [5, 5.41) is 12.5. The Balaban J connectivity index is 2.05. The molecule has 76 valence electrons. The van der Waals surface area contributed by atoms with Crippen molar-refractivity contribution in [1.82, 2.24) is 5.16 Å². The van der Waals surface area contributed by atoms with E-state index in [2.05, 4.69) is 5.16 Å². The monoisotopic (exact) mass is 195 g/mol. The highest BCUT2D eigenvalue weighted by atomic mass is 16.5. The maximum absolute atomic E-state index is 10.4. The molecule has 2 rings (SSSR count). The van der Waals surface area contributed by atoms with E-state index in [0.717, 1.165) is 18.5 Å². The molecule has 0 saturated heterocycles. The van der Waals surface area contributed by atoms with Gasteiger partial charge in [0.05, 0.1) is 5.69 Å². The van der Waals surface area contributed by atoms with E-state index in [9.17, 15) is 4.79 Å². The predicted octanol–water partition coefficient (Wildman–Crippen LogP) is 1.96. The topological polar surface area (TPSA) is 63.3 Å². The molecule has 1 heterocycles. The number of hydrogen-bond donors (Lipinski definition) is 1. The molecule has 1 saturated carbocycles. The number of carboxylic acids is 1. The van der Waals surface area contributed by atoms with Crippen LogP contribution in [0.2, 0.25) is 0 Å². The van der Waals surface area contributed by atoms with Gasteiger partial charge in [0.2, 0.25) is 0 Å². The van der Waals surface area contributed by atoms with E-state index in [0.29, 0.717) is 11.7 Å². The summed E-state index contributed by atoms with van der Waals surface area (Å²) < 4.78 is 4.96. The average Bonchev–Trinajstić information content (AvgIpc) is 2.69. The van der Waals surface area contributed by atoms with Crippen LogP contribution >= 0.6 is 0 Å². The standard InChI is InChI=1S/C10H13NO3/c12-10(13)6-8-5-9(11-14-8)7-3-1-2-4-7/h5,7H,1-4,6H2,(H,12,13). The molecule has 4 nitrogen and oxygen atoms in total. The molecule has 1 aromatic rings. The lowest BCUT2D eigenvalue weighted by Gasteiger charge is -2.00. The maximum Gasteiger partial charge on any atom is 0.311 e. The smallest absolute Gasteiger partial charge is 0.311 e. The second-order valence-electron chi connectivity index (χ2n) is 3.77. The van der Waals surface area contributed by atoms with Crippen molar-refractivity contribution in [3.05, 3.63) is 17.5 Å². The van der Waals surface area contributed by atoms with Gasteiger partial charge in [-0.1, -0.05) is 18.0 Å². The summed E-state index contributed by atoms with van der Waals surface area (Å²) in [7, 11) is 0. The molecule has 1 aromatic heterocycles. The summed E-state index contributed by atoms with van der Waals surface area (Å²) in [4.78, 5) is 10.4. The molecule has 14 heavy (non-hydrogen) atoms. The van der Waals surface area contributed by atoms with Crippen molar-refractivity contribution in [1.29, 1.82) is 0 Å². The van der Waals surface area contributed by atoms with Gasteiger partial charge in [-0.25, -0.2) is 0 Å². The van der Waals surface area contributed by atoms with Crippen LogP contribution < -0.4 is 0 Å². The van der Waals surface area contributed by atoms with Crippen molar-refractivity contribution in [3.8, 4) is 0 Å². The van der Waals surface area contributed by atoms with Gasteiger partial charge in [-0.15, -0.1) is 0 Å². The van der Waals surface area contributed by atoms with E-state index in [1.54, 1.807) is 6.07 Å². The van der Waals surface area contributed by atoms with E-state index in [4.69, 9.17) is 9.63 Å². The summed E-state index contributed by atoms with van der Waals surface area (Å²) in [5.74, 6) is 0.0693. The number of aliphatic carboxylic acids is 1. The SMILES string of the molecule is O=C(O)Cc1cc(C2CCCC2)no1. The van der Waals surface area contributed by atoms with Crippen LogP contribution in [0.5, 0.6) is 0 Å². The van der Waals surface area contributed by atoms with E-state index >= 15 is 0 Å². The van der Waals surface area contributed by atoms with Gasteiger partial charge in [0.25, 0.3) is 0 Å². The highest BCUT2D eigenvalue weighted by Crippen LogP contribution is 2.33. The Kier molecular flexibility index (Phi) is 2.52. The van der Waals surface area contributed by atoms with Crippen LogP contribution in [-0.2, 0) is 11.2 Å². The number of carbonyl (C=O) groups is 1. The molecule has 0 bridgehead atoms. The van der Waals surface area contributed by atoms with Gasteiger partial charge in [0.1, 0.15) is 12.2 Å². The minimum absolute atomic E-state index is 0.0697. The highest BCUT2D eigenvalue weighted by Gasteiger charge is 2.21. The molecule has 0 spiro atoms. The zero-order chi connectivity index (χ0) is 9.97. The first-order valence-corrected chi connectivity index (χ1v) is 4.93. The Morgan fingerprint density at radius 1 is 1.57 bits per heavy atom. The number of rotatable bonds is 3. The molecule has 1 aliphatic rings. The van der Waals surface area contributed by atoms with Crippen molar-refractivity contribution >= 4 is 5.97 Å². The van der Waals surface area contributed by atoms with Gasteiger partial charge in [-0.3, -0.25) is 4.79 Å². The molecule has 1 aliphatic carbocycles. The Morgan fingerprint density at radius 2 is 2.29 bits per heavy atom. The van der Waals surface area contributed by atoms with Crippen LogP contribution in [0.1, 0.15) is 43.1 Å². The van der Waals surface area contributed by atoms with Gasteiger partial charge in [0, 0.05) is 12.0 Å². The molecule has 0 atom stereocenters. The van der Waals surface area contributed by atoms with Crippen LogP contribution in [-0.4, -0.2) is 16.2 Å². The van der Waals surface area contributed by atoms with Crippen LogP contribution in [0.15, 0.2) is 10.6 Å². The molecule has 0 aromatic carbocycles. The van der Waals surface area contributed by atoms with Crippen molar-refractivity contribution in [2.75, 3.05) is 0 Å². The van der Waals surface area contributed by atoms with E-state index in [1.807, 2.05) is 0 Å². The highest BCUT2D eigenvalue weighted by molar-refractivity contribution is 5.69. The van der Waals surface area contributed by atoms with Crippen molar-refractivity contribution < 1.29 is 14.4 Å². The Bertz CT molecular complexity index is 326. The Morgan fingerprint density at radius 3 is 2.93 bits per heavy atom. The molecular formula is C10H13NO3. The first-order chi connectivity index (χ1) is 6.75. The molecule has 0 unspecified atom stereocenters. The van der Waals surface area contributed by atoms with Crippen LogP contribution in [0, 0.1) is 0 Å².